The van der Waals surface area contributed by atoms with Gasteiger partial charge in [-0.1, -0.05) is 127 Å². The molecule has 0 atom stereocenters. The molecule has 0 aliphatic heterocycles. The van der Waals surface area contributed by atoms with Crippen LogP contribution in [0.1, 0.15) is 0 Å². The van der Waals surface area contributed by atoms with Gasteiger partial charge < -0.3 is 13.9 Å². The highest BCUT2D eigenvalue weighted by atomic mass is 16.3. The highest BCUT2D eigenvalue weighted by Crippen LogP contribution is 2.47. The smallest absolute Gasteiger partial charge is 0.161 e. The molecular weight excluding hydrogens is 572 g/mol. The fourth-order valence-corrected chi connectivity index (χ4v) is 6.96. The summed E-state index contributed by atoms with van der Waals surface area (Å²) in [5, 5.41) is 2.19. The first-order valence-electron chi connectivity index (χ1n) is 16.0. The van der Waals surface area contributed by atoms with Gasteiger partial charge in [-0.05, 0) is 60.2 Å². The van der Waals surface area contributed by atoms with E-state index in [9.17, 15) is 0 Å². The van der Waals surface area contributed by atoms with Gasteiger partial charge in [0.15, 0.2) is 5.58 Å². The Kier molecular flexibility index (Phi) is 6.46. The van der Waals surface area contributed by atoms with Crippen LogP contribution in [-0.4, -0.2) is 4.57 Å². The van der Waals surface area contributed by atoms with Gasteiger partial charge in [-0.3, -0.25) is 0 Å². The number of nitrogens with zero attached hydrogens (tertiary/aromatic N) is 2. The topological polar surface area (TPSA) is 21.3 Å². The number of hydrogen-bond donors (Lipinski definition) is 0. The van der Waals surface area contributed by atoms with E-state index in [1.807, 2.05) is 0 Å². The third kappa shape index (κ3) is 4.44. The zero-order valence-electron chi connectivity index (χ0n) is 25.6. The summed E-state index contributed by atoms with van der Waals surface area (Å²) in [6.07, 6.45) is 0. The van der Waals surface area contributed by atoms with E-state index in [0.717, 1.165) is 72.4 Å². The number of anilines is 3. The molecule has 2 aromatic heterocycles. The van der Waals surface area contributed by atoms with Crippen molar-refractivity contribution in [2.45, 2.75) is 0 Å². The minimum Gasteiger partial charge on any atom is -0.453 e. The summed E-state index contributed by atoms with van der Waals surface area (Å²) in [6.45, 7) is 0. The van der Waals surface area contributed by atoms with Crippen molar-refractivity contribution in [1.82, 2.24) is 4.57 Å². The Morgan fingerprint density at radius 1 is 0.404 bits per heavy atom. The Morgan fingerprint density at radius 3 is 1.72 bits per heavy atom. The first-order valence-corrected chi connectivity index (χ1v) is 16.0. The monoisotopic (exact) mass is 602 g/mol. The molecule has 222 valence electrons. The molecule has 0 amide bonds. The molecule has 9 rings (SSSR count). The van der Waals surface area contributed by atoms with E-state index < -0.39 is 0 Å². The highest BCUT2D eigenvalue weighted by molar-refractivity contribution is 6.19. The molecule has 0 fully saturated rings. The molecule has 2 heterocycles. The summed E-state index contributed by atoms with van der Waals surface area (Å²) in [5.41, 5.74) is 12.9. The maximum absolute atomic E-state index is 6.95. The molecule has 0 bridgehead atoms. The van der Waals surface area contributed by atoms with Crippen LogP contribution in [0.4, 0.5) is 17.1 Å². The number of aromatic nitrogens is 1. The molecule has 3 nitrogen and oxygen atoms in total. The quantitative estimate of drug-likeness (QED) is 0.189. The van der Waals surface area contributed by atoms with Crippen molar-refractivity contribution in [1.29, 1.82) is 0 Å². The van der Waals surface area contributed by atoms with Crippen molar-refractivity contribution in [3.63, 3.8) is 0 Å². The van der Waals surface area contributed by atoms with Crippen LogP contribution in [0, 0.1) is 0 Å². The Morgan fingerprint density at radius 2 is 0.957 bits per heavy atom. The Bertz CT molecular complexity index is 2510. The first-order chi connectivity index (χ1) is 23.4. The molecule has 7 aromatic carbocycles. The van der Waals surface area contributed by atoms with Gasteiger partial charge >= 0.3 is 0 Å². The maximum Gasteiger partial charge on any atom is 0.161 e. The number of para-hydroxylation sites is 6. The molecule has 0 aliphatic rings. The zero-order chi connectivity index (χ0) is 31.2. The van der Waals surface area contributed by atoms with Crippen LogP contribution in [0.2, 0.25) is 0 Å². The van der Waals surface area contributed by atoms with E-state index in [0.29, 0.717) is 0 Å². The molecule has 0 unspecified atom stereocenters. The van der Waals surface area contributed by atoms with Crippen molar-refractivity contribution in [3.05, 3.63) is 182 Å². The average molecular weight is 603 g/mol. The summed E-state index contributed by atoms with van der Waals surface area (Å²) in [6, 6.07) is 64.1. The minimum absolute atomic E-state index is 0.879. The molecule has 0 N–H and O–H groups in total. The van der Waals surface area contributed by atoms with E-state index in [1.54, 1.807) is 0 Å². The number of furan rings is 1. The molecule has 47 heavy (non-hydrogen) atoms. The van der Waals surface area contributed by atoms with Crippen LogP contribution < -0.4 is 4.90 Å². The maximum atomic E-state index is 6.95. The molecule has 0 saturated heterocycles. The van der Waals surface area contributed by atoms with Crippen LogP contribution >= 0.6 is 0 Å². The van der Waals surface area contributed by atoms with Crippen LogP contribution in [0.15, 0.2) is 186 Å². The lowest BCUT2D eigenvalue weighted by Crippen LogP contribution is -2.12. The van der Waals surface area contributed by atoms with E-state index in [1.165, 1.54) is 5.56 Å². The highest BCUT2D eigenvalue weighted by Gasteiger charge is 2.24. The summed E-state index contributed by atoms with van der Waals surface area (Å²) < 4.78 is 9.29. The lowest BCUT2D eigenvalue weighted by molar-refractivity contribution is 0.674. The van der Waals surface area contributed by atoms with Gasteiger partial charge in [-0.2, -0.15) is 0 Å². The molecule has 3 heteroatoms. The van der Waals surface area contributed by atoms with Gasteiger partial charge in [0.05, 0.1) is 16.9 Å². The predicted molar refractivity (Wildman–Crippen MR) is 196 cm³/mol. The van der Waals surface area contributed by atoms with Crippen molar-refractivity contribution in [2.75, 3.05) is 4.90 Å². The lowest BCUT2D eigenvalue weighted by atomic mass is 9.98. The van der Waals surface area contributed by atoms with E-state index in [-0.39, 0.29) is 0 Å². The number of benzene rings is 7. The largest absolute Gasteiger partial charge is 0.453 e. The second-order valence-corrected chi connectivity index (χ2v) is 11.7. The van der Waals surface area contributed by atoms with Gasteiger partial charge in [0, 0.05) is 38.8 Å². The van der Waals surface area contributed by atoms with E-state index in [4.69, 9.17) is 4.42 Å². The van der Waals surface area contributed by atoms with Gasteiger partial charge in [-0.25, -0.2) is 0 Å². The molecule has 0 saturated carbocycles. The van der Waals surface area contributed by atoms with E-state index in [2.05, 4.69) is 191 Å². The molecule has 0 spiro atoms. The van der Waals surface area contributed by atoms with Gasteiger partial charge in [0.2, 0.25) is 0 Å². The van der Waals surface area contributed by atoms with Crippen molar-refractivity contribution in [3.8, 4) is 27.9 Å². The first kappa shape index (κ1) is 27.0. The van der Waals surface area contributed by atoms with Crippen molar-refractivity contribution in [2.24, 2.45) is 0 Å². The molecule has 0 aliphatic carbocycles. The number of fused-ring (bicyclic) bond motifs is 5. The Hall–Kier alpha value is -6.32. The molecule has 9 aromatic rings. The third-order valence-electron chi connectivity index (χ3n) is 9.00. The van der Waals surface area contributed by atoms with E-state index >= 15 is 0 Å². The number of rotatable bonds is 6. The lowest BCUT2D eigenvalue weighted by Gasteiger charge is -2.29. The number of hydrogen-bond acceptors (Lipinski definition) is 2. The van der Waals surface area contributed by atoms with Crippen LogP contribution in [0.3, 0.4) is 0 Å². The van der Waals surface area contributed by atoms with Crippen molar-refractivity contribution >= 4 is 50.0 Å². The predicted octanol–water partition coefficient (Wildman–Crippen LogP) is 12.3. The minimum atomic E-state index is 0.879. The summed E-state index contributed by atoms with van der Waals surface area (Å²) in [4.78, 5) is 2.37. The summed E-state index contributed by atoms with van der Waals surface area (Å²) in [7, 11) is 0. The van der Waals surface area contributed by atoms with Crippen LogP contribution in [0.5, 0.6) is 0 Å². The Labute approximate surface area is 273 Å². The normalized spacial score (nSPS) is 11.4. The summed E-state index contributed by atoms with van der Waals surface area (Å²) in [5.74, 6) is 0. The third-order valence-corrected chi connectivity index (χ3v) is 9.00. The molecular formula is C44H30N2O. The zero-order valence-corrected chi connectivity index (χ0v) is 25.6. The van der Waals surface area contributed by atoms with Gasteiger partial charge in [0.25, 0.3) is 0 Å². The van der Waals surface area contributed by atoms with Crippen molar-refractivity contribution < 1.29 is 4.42 Å². The fraction of sp³-hybridized carbons (Fsp3) is 0. The Balaban J connectivity index is 1.32. The second kappa shape index (κ2) is 11.2. The van der Waals surface area contributed by atoms with Crippen LogP contribution in [-0.2, 0) is 0 Å². The standard InChI is InChI=1S/C44H30N2O/c1-4-17-31(18-5-1)34-23-10-13-28-39(34)45(32-19-6-2-7-20-32)40-29-14-11-24-35(40)36-26-16-27-38-42-44(47-43(36)38)37-25-12-15-30-41(37)46(42)33-21-8-3-9-22-33/h1-30H. The SMILES string of the molecule is c1ccc(-c2ccccc2N(c2ccccc2)c2ccccc2-c2cccc3c2oc2c4ccccc4n(-c4ccccc4)c32)cc1. The van der Waals surface area contributed by atoms with Gasteiger partial charge in [0.1, 0.15) is 11.1 Å². The van der Waals surface area contributed by atoms with Crippen LogP contribution in [0.25, 0.3) is 60.9 Å². The average Bonchev–Trinajstić information content (AvgIpc) is 3.68. The second-order valence-electron chi connectivity index (χ2n) is 11.7. The fourth-order valence-electron chi connectivity index (χ4n) is 6.96. The summed E-state index contributed by atoms with van der Waals surface area (Å²) >= 11 is 0. The molecule has 0 radical (unpaired) electrons. The van der Waals surface area contributed by atoms with Gasteiger partial charge in [-0.15, -0.1) is 0 Å².